The van der Waals surface area contributed by atoms with Crippen molar-refractivity contribution in [3.63, 3.8) is 0 Å². The molecule has 0 unspecified atom stereocenters. The Kier molecular flexibility index (Phi) is 2.11. The van der Waals surface area contributed by atoms with Gasteiger partial charge in [-0.25, -0.2) is 0 Å². The van der Waals surface area contributed by atoms with E-state index in [1.54, 1.807) is 0 Å². The van der Waals surface area contributed by atoms with Crippen molar-refractivity contribution in [3.05, 3.63) is 12.2 Å². The van der Waals surface area contributed by atoms with E-state index in [4.69, 9.17) is 0 Å². The summed E-state index contributed by atoms with van der Waals surface area (Å²) in [6, 6.07) is 0. The highest BCUT2D eigenvalue weighted by molar-refractivity contribution is 5.92. The third-order valence-corrected chi connectivity index (χ3v) is 8.34. The summed E-state index contributed by atoms with van der Waals surface area (Å²) in [5.74, 6) is 3.00. The highest BCUT2D eigenvalue weighted by atomic mass is 16.1. The van der Waals surface area contributed by atoms with Crippen LogP contribution in [-0.4, -0.2) is 11.6 Å². The van der Waals surface area contributed by atoms with Crippen LogP contribution in [-0.2, 0) is 9.59 Å². The zero-order valence-corrected chi connectivity index (χ0v) is 12.9. The van der Waals surface area contributed by atoms with Gasteiger partial charge in [0, 0.05) is 18.3 Å². The molecule has 0 aromatic heterocycles. The van der Waals surface area contributed by atoms with Crippen molar-refractivity contribution in [2.75, 3.05) is 0 Å². The van der Waals surface area contributed by atoms with Crippen LogP contribution in [0, 0.1) is 34.0 Å². The van der Waals surface area contributed by atoms with Gasteiger partial charge in [-0.3, -0.25) is 9.59 Å². The number of rotatable bonds is 0. The highest BCUT2D eigenvalue weighted by Gasteiger charge is 2.74. The maximum Gasteiger partial charge on any atom is 0.155 e. The number of ketones is 2. The summed E-state index contributed by atoms with van der Waals surface area (Å²) in [7, 11) is 0. The molecule has 6 atom stereocenters. The molecule has 0 spiro atoms. The summed E-state index contributed by atoms with van der Waals surface area (Å²) in [6.07, 6.45) is 13.0. The van der Waals surface area contributed by atoms with Gasteiger partial charge < -0.3 is 0 Å². The van der Waals surface area contributed by atoms with E-state index in [0.717, 1.165) is 37.5 Å². The molecule has 4 fully saturated rings. The number of allylic oxidation sites excluding steroid dienone is 2. The molecule has 4 saturated carbocycles. The minimum atomic E-state index is -0.0130. The lowest BCUT2D eigenvalue weighted by Gasteiger charge is -2.52. The number of hydrogen-bond donors (Lipinski definition) is 0. The Bertz CT molecular complexity index is 590. The van der Waals surface area contributed by atoms with E-state index >= 15 is 0 Å². The van der Waals surface area contributed by atoms with Crippen LogP contribution in [0.2, 0.25) is 0 Å². The van der Waals surface area contributed by atoms with Crippen molar-refractivity contribution in [2.24, 2.45) is 34.0 Å². The monoisotopic (exact) mass is 284 g/mol. The van der Waals surface area contributed by atoms with Crippen molar-refractivity contribution in [1.29, 1.82) is 0 Å². The number of hydrogen-bond acceptors (Lipinski definition) is 2. The fourth-order valence-corrected chi connectivity index (χ4v) is 7.21. The Morgan fingerprint density at radius 1 is 1.10 bits per heavy atom. The second-order valence-electron chi connectivity index (χ2n) is 8.81. The molecule has 5 aliphatic rings. The first-order valence-corrected chi connectivity index (χ1v) is 8.76. The molecule has 0 N–H and O–H groups in total. The van der Waals surface area contributed by atoms with Crippen LogP contribution in [0.5, 0.6) is 0 Å². The van der Waals surface area contributed by atoms with Gasteiger partial charge in [-0.05, 0) is 73.2 Å². The molecule has 0 heterocycles. The van der Waals surface area contributed by atoms with Gasteiger partial charge in [-0.1, -0.05) is 13.0 Å². The van der Waals surface area contributed by atoms with E-state index in [9.17, 15) is 9.59 Å². The molecule has 5 aliphatic carbocycles. The Morgan fingerprint density at radius 3 is 2.81 bits per heavy atom. The van der Waals surface area contributed by atoms with Crippen molar-refractivity contribution in [1.82, 2.24) is 0 Å². The Morgan fingerprint density at radius 2 is 1.95 bits per heavy atom. The van der Waals surface area contributed by atoms with Crippen molar-refractivity contribution >= 4 is 11.6 Å². The maximum absolute atomic E-state index is 12.4. The predicted molar refractivity (Wildman–Crippen MR) is 79.5 cm³/mol. The largest absolute Gasteiger partial charge is 0.299 e. The van der Waals surface area contributed by atoms with Gasteiger partial charge in [0.15, 0.2) is 5.78 Å². The highest BCUT2D eigenvalue weighted by Crippen LogP contribution is 2.81. The normalized spacial score (nSPS) is 57.3. The predicted octanol–water partition coefficient (Wildman–Crippen LogP) is 3.70. The molecule has 112 valence electrons. The van der Waals surface area contributed by atoms with Crippen LogP contribution in [0.15, 0.2) is 12.2 Å². The first kappa shape index (κ1) is 12.6. The lowest BCUT2D eigenvalue weighted by atomic mass is 9.51. The summed E-state index contributed by atoms with van der Waals surface area (Å²) in [6.45, 7) is 2.25. The second-order valence-corrected chi connectivity index (χ2v) is 8.81. The SMILES string of the molecule is C[C@]12CC[C@H]3[C@@H](CC[C@@]45CC(=O)C=C[C@]34C5)[C@@H]1CCC2=O. The molecule has 0 aliphatic heterocycles. The van der Waals surface area contributed by atoms with Gasteiger partial charge in [0.25, 0.3) is 0 Å². The number of fused-ring (bicyclic) bond motifs is 3. The molecular weight excluding hydrogens is 260 g/mol. The fraction of sp³-hybridized carbons (Fsp3) is 0.789. The number of Topliss-reactive ketones (excluding diaryl/α,β-unsaturated/α-hetero) is 1. The van der Waals surface area contributed by atoms with E-state index in [0.29, 0.717) is 28.3 Å². The third kappa shape index (κ3) is 1.27. The summed E-state index contributed by atoms with van der Waals surface area (Å²) >= 11 is 0. The van der Waals surface area contributed by atoms with Crippen LogP contribution in [0.3, 0.4) is 0 Å². The Balaban J connectivity index is 1.54. The van der Waals surface area contributed by atoms with Gasteiger partial charge >= 0.3 is 0 Å². The average Bonchev–Trinajstić information content (AvgIpc) is 3.05. The summed E-state index contributed by atoms with van der Waals surface area (Å²) < 4.78 is 0. The number of carbonyl (C=O) groups excluding carboxylic acids is 2. The third-order valence-electron chi connectivity index (χ3n) is 8.34. The van der Waals surface area contributed by atoms with Gasteiger partial charge in [-0.2, -0.15) is 0 Å². The average molecular weight is 284 g/mol. The Labute approximate surface area is 126 Å². The van der Waals surface area contributed by atoms with Crippen LogP contribution in [0.4, 0.5) is 0 Å². The van der Waals surface area contributed by atoms with E-state index in [1.165, 1.54) is 25.7 Å². The van der Waals surface area contributed by atoms with Crippen molar-refractivity contribution < 1.29 is 9.59 Å². The lowest BCUT2D eigenvalue weighted by Crippen LogP contribution is -2.48. The number of carbonyl (C=O) groups is 2. The smallest absolute Gasteiger partial charge is 0.155 e. The van der Waals surface area contributed by atoms with Crippen molar-refractivity contribution in [2.45, 2.75) is 58.3 Å². The molecule has 2 nitrogen and oxygen atoms in total. The molecule has 5 rings (SSSR count). The fourth-order valence-electron chi connectivity index (χ4n) is 7.21. The van der Waals surface area contributed by atoms with Gasteiger partial charge in [-0.15, -0.1) is 0 Å². The molecule has 0 saturated heterocycles. The molecule has 0 radical (unpaired) electrons. The molecule has 0 bridgehead atoms. The van der Waals surface area contributed by atoms with Crippen LogP contribution < -0.4 is 0 Å². The lowest BCUT2D eigenvalue weighted by molar-refractivity contribution is -0.132. The molecular formula is C19H24O2. The van der Waals surface area contributed by atoms with Crippen LogP contribution in [0.25, 0.3) is 0 Å². The molecule has 21 heavy (non-hydrogen) atoms. The van der Waals surface area contributed by atoms with Crippen LogP contribution >= 0.6 is 0 Å². The second kappa shape index (κ2) is 3.52. The van der Waals surface area contributed by atoms with E-state index < -0.39 is 0 Å². The molecule has 0 aromatic rings. The molecule has 0 amide bonds. The maximum atomic E-state index is 12.4. The first-order valence-electron chi connectivity index (χ1n) is 8.76. The minimum absolute atomic E-state index is 0.0130. The standard InChI is InChI=1S/C19H24O2/c1-17-7-6-15-13(14(17)2-3-16(17)21)5-8-18-10-12(20)4-9-19(15,18)11-18/h4,9,13-15H,2-3,5-8,10-11H2,1H3/t13-,14-,15-,17-,18-,19-/m0/s1. The van der Waals surface area contributed by atoms with E-state index in [-0.39, 0.29) is 5.41 Å². The summed E-state index contributed by atoms with van der Waals surface area (Å²) in [5, 5.41) is 0. The first-order chi connectivity index (χ1) is 10.0. The minimum Gasteiger partial charge on any atom is -0.299 e. The van der Waals surface area contributed by atoms with E-state index in [1.807, 2.05) is 6.08 Å². The van der Waals surface area contributed by atoms with Gasteiger partial charge in [0.1, 0.15) is 5.78 Å². The van der Waals surface area contributed by atoms with Crippen molar-refractivity contribution in [3.8, 4) is 0 Å². The quantitative estimate of drug-likeness (QED) is 0.679. The zero-order valence-electron chi connectivity index (χ0n) is 12.9. The molecule has 2 heteroatoms. The zero-order chi connectivity index (χ0) is 14.5. The Hall–Kier alpha value is -0.920. The van der Waals surface area contributed by atoms with Gasteiger partial charge in [0.2, 0.25) is 0 Å². The summed E-state index contributed by atoms with van der Waals surface area (Å²) in [5.41, 5.74) is 0.661. The topological polar surface area (TPSA) is 34.1 Å². The van der Waals surface area contributed by atoms with Crippen LogP contribution in [0.1, 0.15) is 58.3 Å². The molecule has 0 aromatic carbocycles. The van der Waals surface area contributed by atoms with Gasteiger partial charge in [0.05, 0.1) is 0 Å². The van der Waals surface area contributed by atoms with E-state index in [2.05, 4.69) is 13.0 Å². The summed E-state index contributed by atoms with van der Waals surface area (Å²) in [4.78, 5) is 24.2.